The maximum Gasteiger partial charge on any atom is 0.416 e. The highest BCUT2D eigenvalue weighted by atomic mass is 32.2. The number of carbonyl (C=O) groups is 1. The average Bonchev–Trinajstić information content (AvgIpc) is 2.61. The Morgan fingerprint density at radius 1 is 1.04 bits per heavy atom. The molecule has 0 saturated carbocycles. The fourth-order valence-electron chi connectivity index (χ4n) is 2.58. The van der Waals surface area contributed by atoms with E-state index >= 15 is 0 Å². The number of carboxylic acid groups (broad SMARTS) is 1. The van der Waals surface area contributed by atoms with Gasteiger partial charge in [-0.15, -0.1) is 11.8 Å². The molecule has 0 aliphatic rings. The van der Waals surface area contributed by atoms with Crippen LogP contribution >= 0.6 is 11.8 Å². The van der Waals surface area contributed by atoms with E-state index in [2.05, 4.69) is 4.98 Å². The van der Waals surface area contributed by atoms with Crippen molar-refractivity contribution in [2.24, 2.45) is 0 Å². The number of hydrogen-bond donors (Lipinski definition) is 1. The lowest BCUT2D eigenvalue weighted by molar-refractivity contribution is -0.139. The number of aliphatic carboxylic acids is 1. The van der Waals surface area contributed by atoms with Crippen LogP contribution in [0, 0.1) is 0 Å². The van der Waals surface area contributed by atoms with E-state index in [1.54, 1.807) is 50.4 Å². The summed E-state index contributed by atoms with van der Waals surface area (Å²) in [5, 5.41) is 10.1. The first-order valence-corrected chi connectivity index (χ1v) is 8.88. The fraction of sp³-hybridized carbons (Fsp3) is 0.200. The molecule has 0 atom stereocenters. The van der Waals surface area contributed by atoms with Gasteiger partial charge in [-0.1, -0.05) is 18.2 Å². The topological polar surface area (TPSA) is 50.2 Å². The number of aromatic nitrogens is 1. The van der Waals surface area contributed by atoms with Gasteiger partial charge in [0.15, 0.2) is 0 Å². The van der Waals surface area contributed by atoms with Crippen LogP contribution < -0.4 is 0 Å². The summed E-state index contributed by atoms with van der Waals surface area (Å²) in [6.07, 6.45) is -2.83. The molecule has 1 N–H and O–H groups in total. The number of benzene rings is 2. The number of rotatable bonds is 4. The third-order valence-electron chi connectivity index (χ3n) is 4.10. The molecule has 3 aromatic rings. The second-order valence-corrected chi connectivity index (χ2v) is 8.20. The second kappa shape index (κ2) is 6.88. The molecule has 2 aromatic carbocycles. The highest BCUT2D eigenvalue weighted by Crippen LogP contribution is 2.38. The molecule has 1 aromatic heterocycles. The minimum Gasteiger partial charge on any atom is -0.480 e. The van der Waals surface area contributed by atoms with Gasteiger partial charge in [0.05, 0.1) is 11.1 Å². The molecular formula is C20H16F3NO2S. The van der Waals surface area contributed by atoms with E-state index < -0.39 is 22.5 Å². The molecule has 0 radical (unpaired) electrons. The third kappa shape index (κ3) is 4.08. The van der Waals surface area contributed by atoms with Gasteiger partial charge in [-0.25, -0.2) is 0 Å². The van der Waals surface area contributed by atoms with Gasteiger partial charge in [0.25, 0.3) is 0 Å². The van der Waals surface area contributed by atoms with E-state index in [4.69, 9.17) is 0 Å². The molecule has 0 amide bonds. The number of thioether (sulfide) groups is 1. The van der Waals surface area contributed by atoms with Crippen molar-refractivity contribution in [3.8, 4) is 11.1 Å². The number of fused-ring (bicyclic) bond motifs is 1. The minimum absolute atomic E-state index is 0.434. The monoisotopic (exact) mass is 391 g/mol. The third-order valence-corrected chi connectivity index (χ3v) is 5.37. The van der Waals surface area contributed by atoms with Gasteiger partial charge >= 0.3 is 12.1 Å². The quantitative estimate of drug-likeness (QED) is 0.565. The van der Waals surface area contributed by atoms with Gasteiger partial charge < -0.3 is 5.11 Å². The molecule has 3 nitrogen and oxygen atoms in total. The standard InChI is InChI=1S/C20H16F3NO2S/c1-19(2,18(25)26)27-17-8-9-24-16-7-6-13(11-15(16)17)12-4-3-5-14(10-12)20(21,22)23/h3-11H,1-2H3,(H,25,26). The Balaban J connectivity index is 2.10. The summed E-state index contributed by atoms with van der Waals surface area (Å²) >= 11 is 1.18. The SMILES string of the molecule is CC(C)(Sc1ccnc2ccc(-c3cccc(C(F)(F)F)c3)cc12)C(=O)O. The van der Waals surface area contributed by atoms with E-state index in [1.807, 2.05) is 0 Å². The largest absolute Gasteiger partial charge is 0.480 e. The first kappa shape index (κ1) is 19.2. The van der Waals surface area contributed by atoms with E-state index in [1.165, 1.54) is 17.8 Å². The van der Waals surface area contributed by atoms with Crippen LogP contribution in [-0.2, 0) is 11.0 Å². The van der Waals surface area contributed by atoms with Gasteiger partial charge in [0, 0.05) is 16.5 Å². The van der Waals surface area contributed by atoms with E-state index in [-0.39, 0.29) is 0 Å². The lowest BCUT2D eigenvalue weighted by Gasteiger charge is -2.19. The van der Waals surface area contributed by atoms with Crippen LogP contribution in [0.15, 0.2) is 59.6 Å². The van der Waals surface area contributed by atoms with Crippen molar-refractivity contribution in [1.82, 2.24) is 4.98 Å². The Morgan fingerprint density at radius 2 is 1.74 bits per heavy atom. The molecule has 1 heterocycles. The number of nitrogens with zero attached hydrogens (tertiary/aromatic N) is 1. The molecule has 27 heavy (non-hydrogen) atoms. The highest BCUT2D eigenvalue weighted by molar-refractivity contribution is 8.01. The lowest BCUT2D eigenvalue weighted by atomic mass is 10.0. The van der Waals surface area contributed by atoms with Gasteiger partial charge in [0.1, 0.15) is 4.75 Å². The molecule has 0 spiro atoms. The smallest absolute Gasteiger partial charge is 0.416 e. The van der Waals surface area contributed by atoms with Crippen LogP contribution in [0.1, 0.15) is 19.4 Å². The van der Waals surface area contributed by atoms with Crippen molar-refractivity contribution < 1.29 is 23.1 Å². The molecule has 3 rings (SSSR count). The van der Waals surface area contributed by atoms with Crippen molar-refractivity contribution >= 4 is 28.6 Å². The van der Waals surface area contributed by atoms with Crippen molar-refractivity contribution in [2.45, 2.75) is 29.7 Å². The van der Waals surface area contributed by atoms with Crippen LogP contribution in [0.4, 0.5) is 13.2 Å². The Hall–Kier alpha value is -2.54. The van der Waals surface area contributed by atoms with Gasteiger partial charge in [0.2, 0.25) is 0 Å². The van der Waals surface area contributed by atoms with Crippen molar-refractivity contribution in [2.75, 3.05) is 0 Å². The number of pyridine rings is 1. The average molecular weight is 391 g/mol. The first-order valence-electron chi connectivity index (χ1n) is 8.07. The molecule has 7 heteroatoms. The molecule has 0 aliphatic carbocycles. The highest BCUT2D eigenvalue weighted by Gasteiger charge is 2.31. The molecule has 0 saturated heterocycles. The Kier molecular flexibility index (Phi) is 4.90. The Bertz CT molecular complexity index is 1020. The molecule has 0 aliphatic heterocycles. The molecule has 0 fully saturated rings. The van der Waals surface area contributed by atoms with Crippen LogP contribution in [-0.4, -0.2) is 20.8 Å². The van der Waals surface area contributed by atoms with Gasteiger partial charge in [-0.05, 0) is 55.3 Å². The maximum absolute atomic E-state index is 13.0. The molecule has 0 unspecified atom stereocenters. The molecule has 140 valence electrons. The summed E-state index contributed by atoms with van der Waals surface area (Å²) in [4.78, 5) is 16.4. The lowest BCUT2D eigenvalue weighted by Crippen LogP contribution is -2.26. The van der Waals surface area contributed by atoms with Gasteiger partial charge in [-0.2, -0.15) is 13.2 Å². The van der Waals surface area contributed by atoms with Gasteiger partial charge in [-0.3, -0.25) is 9.78 Å². The zero-order chi connectivity index (χ0) is 19.8. The first-order chi connectivity index (χ1) is 12.6. The number of carboxylic acids is 1. The second-order valence-electron chi connectivity index (χ2n) is 6.54. The minimum atomic E-state index is -4.42. The number of halogens is 3. The summed E-state index contributed by atoms with van der Waals surface area (Å²) in [5.74, 6) is -0.952. The predicted octanol–water partition coefficient (Wildman–Crippen LogP) is 5.88. The predicted molar refractivity (Wildman–Crippen MR) is 99.8 cm³/mol. The summed E-state index contributed by atoms with van der Waals surface area (Å²) in [5.41, 5.74) is 0.977. The van der Waals surface area contributed by atoms with E-state index in [9.17, 15) is 23.1 Å². The van der Waals surface area contributed by atoms with Crippen LogP contribution in [0.3, 0.4) is 0 Å². The van der Waals surface area contributed by atoms with Crippen molar-refractivity contribution in [1.29, 1.82) is 0 Å². The summed E-state index contributed by atoms with van der Waals surface area (Å²) in [7, 11) is 0. The van der Waals surface area contributed by atoms with Crippen molar-refractivity contribution in [3.63, 3.8) is 0 Å². The van der Waals surface area contributed by atoms with E-state index in [0.29, 0.717) is 26.9 Å². The summed E-state index contributed by atoms with van der Waals surface area (Å²) in [6, 6.07) is 12.0. The summed E-state index contributed by atoms with van der Waals surface area (Å²) < 4.78 is 37.9. The van der Waals surface area contributed by atoms with Crippen LogP contribution in [0.25, 0.3) is 22.0 Å². The zero-order valence-corrected chi connectivity index (χ0v) is 15.4. The Labute approximate surface area is 158 Å². The fourth-order valence-corrected chi connectivity index (χ4v) is 3.62. The zero-order valence-electron chi connectivity index (χ0n) is 14.5. The Morgan fingerprint density at radius 3 is 2.41 bits per heavy atom. The van der Waals surface area contributed by atoms with Crippen molar-refractivity contribution in [3.05, 3.63) is 60.3 Å². The van der Waals surface area contributed by atoms with E-state index in [0.717, 1.165) is 12.1 Å². The van der Waals surface area contributed by atoms with Crippen LogP contribution in [0.5, 0.6) is 0 Å². The normalized spacial score (nSPS) is 12.3. The number of alkyl halides is 3. The van der Waals surface area contributed by atoms with Crippen LogP contribution in [0.2, 0.25) is 0 Å². The maximum atomic E-state index is 13.0. The number of hydrogen-bond acceptors (Lipinski definition) is 3. The summed E-state index contributed by atoms with van der Waals surface area (Å²) in [6.45, 7) is 3.20. The molecular weight excluding hydrogens is 375 g/mol. The molecule has 0 bridgehead atoms.